The van der Waals surface area contributed by atoms with Crippen LogP contribution in [0.4, 0.5) is 11.4 Å². The maximum atomic E-state index is 12.3. The van der Waals surface area contributed by atoms with E-state index in [0.717, 1.165) is 34.1 Å². The molecule has 134 valence electrons. The van der Waals surface area contributed by atoms with Crippen LogP contribution in [0.25, 0.3) is 0 Å². The van der Waals surface area contributed by atoms with E-state index in [2.05, 4.69) is 40.1 Å². The van der Waals surface area contributed by atoms with Gasteiger partial charge in [-0.25, -0.2) is 0 Å². The number of unbranched alkanes of at least 4 members (excludes halogenated alkanes) is 1. The van der Waals surface area contributed by atoms with Crippen molar-refractivity contribution in [1.82, 2.24) is 0 Å². The molecule has 0 aromatic heterocycles. The third-order valence-corrected chi connectivity index (χ3v) is 4.63. The topological polar surface area (TPSA) is 64.9 Å². The van der Waals surface area contributed by atoms with Gasteiger partial charge in [-0.3, -0.25) is 4.79 Å². The van der Waals surface area contributed by atoms with Gasteiger partial charge in [0.05, 0.1) is 0 Å². The standard InChI is InChI=1S/C21H22IN3O/c1-3-4-5-16-6-9-19(10-7-16)25-21(26)17(13-23)14-24-20-11-8-18(22)12-15(20)2/h6-12,14,24H,3-5H2,1-2H3,(H,25,26)/b17-14-. The maximum Gasteiger partial charge on any atom is 0.267 e. The van der Waals surface area contributed by atoms with Crippen molar-refractivity contribution in [2.24, 2.45) is 0 Å². The van der Waals surface area contributed by atoms with Gasteiger partial charge in [0.15, 0.2) is 0 Å². The summed E-state index contributed by atoms with van der Waals surface area (Å²) in [6.07, 6.45) is 4.78. The summed E-state index contributed by atoms with van der Waals surface area (Å²) in [6, 6.07) is 15.6. The summed E-state index contributed by atoms with van der Waals surface area (Å²) in [4.78, 5) is 12.3. The third kappa shape index (κ3) is 5.88. The normalized spacial score (nSPS) is 10.9. The molecule has 0 saturated heterocycles. The minimum atomic E-state index is -0.426. The number of carbonyl (C=O) groups excluding carboxylic acids is 1. The number of rotatable bonds is 7. The van der Waals surface area contributed by atoms with Gasteiger partial charge in [-0.05, 0) is 83.8 Å². The third-order valence-electron chi connectivity index (χ3n) is 3.96. The molecule has 0 saturated carbocycles. The van der Waals surface area contributed by atoms with E-state index in [9.17, 15) is 10.1 Å². The largest absolute Gasteiger partial charge is 0.360 e. The number of benzene rings is 2. The number of anilines is 2. The van der Waals surface area contributed by atoms with Crippen LogP contribution in [0.3, 0.4) is 0 Å². The lowest BCUT2D eigenvalue weighted by Crippen LogP contribution is -2.14. The Bertz CT molecular complexity index is 835. The van der Waals surface area contributed by atoms with Gasteiger partial charge >= 0.3 is 0 Å². The number of carbonyl (C=O) groups is 1. The van der Waals surface area contributed by atoms with E-state index in [1.165, 1.54) is 11.8 Å². The molecule has 0 atom stereocenters. The van der Waals surface area contributed by atoms with Gasteiger partial charge < -0.3 is 10.6 Å². The van der Waals surface area contributed by atoms with Gasteiger partial charge in [-0.15, -0.1) is 0 Å². The predicted molar refractivity (Wildman–Crippen MR) is 115 cm³/mol. The Morgan fingerprint density at radius 3 is 2.58 bits per heavy atom. The number of hydrogen-bond acceptors (Lipinski definition) is 3. The van der Waals surface area contributed by atoms with Crippen molar-refractivity contribution >= 4 is 39.9 Å². The molecule has 0 aliphatic carbocycles. The summed E-state index contributed by atoms with van der Waals surface area (Å²) in [5.41, 5.74) is 3.87. The highest BCUT2D eigenvalue weighted by atomic mass is 127. The second kappa shape index (κ2) is 9.97. The first-order valence-corrected chi connectivity index (χ1v) is 9.64. The van der Waals surface area contributed by atoms with E-state index in [0.29, 0.717) is 5.69 Å². The monoisotopic (exact) mass is 459 g/mol. The highest BCUT2D eigenvalue weighted by Crippen LogP contribution is 2.18. The number of nitriles is 1. The molecule has 0 radical (unpaired) electrons. The Morgan fingerprint density at radius 2 is 1.96 bits per heavy atom. The van der Waals surface area contributed by atoms with Crippen molar-refractivity contribution in [3.63, 3.8) is 0 Å². The van der Waals surface area contributed by atoms with Gasteiger partial charge in [0.2, 0.25) is 0 Å². The zero-order valence-corrected chi connectivity index (χ0v) is 17.1. The fraction of sp³-hybridized carbons (Fsp3) is 0.238. The van der Waals surface area contributed by atoms with Crippen molar-refractivity contribution in [3.8, 4) is 6.07 Å². The Balaban J connectivity index is 2.02. The lowest BCUT2D eigenvalue weighted by atomic mass is 10.1. The number of hydrogen-bond donors (Lipinski definition) is 2. The van der Waals surface area contributed by atoms with E-state index in [4.69, 9.17) is 0 Å². The maximum absolute atomic E-state index is 12.3. The molecule has 0 fully saturated rings. The number of amides is 1. The average Bonchev–Trinajstić information content (AvgIpc) is 2.63. The number of aryl methyl sites for hydroxylation is 2. The van der Waals surface area contributed by atoms with E-state index in [1.807, 2.05) is 55.5 Å². The second-order valence-corrected chi connectivity index (χ2v) is 7.27. The summed E-state index contributed by atoms with van der Waals surface area (Å²) >= 11 is 2.24. The molecule has 1 amide bonds. The molecule has 26 heavy (non-hydrogen) atoms. The average molecular weight is 459 g/mol. The van der Waals surface area contributed by atoms with E-state index in [1.54, 1.807) is 0 Å². The zero-order valence-electron chi connectivity index (χ0n) is 15.0. The molecule has 4 nitrogen and oxygen atoms in total. The van der Waals surface area contributed by atoms with Crippen molar-refractivity contribution in [2.45, 2.75) is 33.1 Å². The molecular formula is C21H22IN3O. The molecule has 2 N–H and O–H groups in total. The highest BCUT2D eigenvalue weighted by Gasteiger charge is 2.09. The number of halogens is 1. The van der Waals surface area contributed by atoms with E-state index >= 15 is 0 Å². The molecule has 0 unspecified atom stereocenters. The van der Waals surface area contributed by atoms with Crippen molar-refractivity contribution < 1.29 is 4.79 Å². The minimum Gasteiger partial charge on any atom is -0.360 e. The molecule has 0 bridgehead atoms. The van der Waals surface area contributed by atoms with Crippen LogP contribution >= 0.6 is 22.6 Å². The Kier molecular flexibility index (Phi) is 7.67. The van der Waals surface area contributed by atoms with E-state index < -0.39 is 5.91 Å². The summed E-state index contributed by atoms with van der Waals surface area (Å²) in [6.45, 7) is 4.14. The molecular weight excluding hydrogens is 437 g/mol. The lowest BCUT2D eigenvalue weighted by molar-refractivity contribution is -0.112. The van der Waals surface area contributed by atoms with Crippen LogP contribution in [0.5, 0.6) is 0 Å². The molecule has 5 heteroatoms. The van der Waals surface area contributed by atoms with Crippen LogP contribution in [0, 0.1) is 21.8 Å². The number of nitrogens with one attached hydrogen (secondary N) is 2. The molecule has 0 spiro atoms. The Morgan fingerprint density at radius 1 is 1.23 bits per heavy atom. The van der Waals surface area contributed by atoms with Crippen LogP contribution in [0.2, 0.25) is 0 Å². The van der Waals surface area contributed by atoms with Gasteiger partial charge in [0, 0.05) is 21.1 Å². The van der Waals surface area contributed by atoms with Crippen LogP contribution in [0.15, 0.2) is 54.2 Å². The Hall–Kier alpha value is -2.33. The number of nitrogens with zero attached hydrogens (tertiary/aromatic N) is 1. The van der Waals surface area contributed by atoms with Crippen LogP contribution in [-0.2, 0) is 11.2 Å². The molecule has 0 heterocycles. The second-order valence-electron chi connectivity index (χ2n) is 6.03. The highest BCUT2D eigenvalue weighted by molar-refractivity contribution is 14.1. The molecule has 2 rings (SSSR count). The first-order valence-electron chi connectivity index (χ1n) is 8.56. The molecule has 2 aromatic rings. The van der Waals surface area contributed by atoms with Crippen LogP contribution in [-0.4, -0.2) is 5.91 Å². The molecule has 2 aromatic carbocycles. The van der Waals surface area contributed by atoms with Crippen LogP contribution in [0.1, 0.15) is 30.9 Å². The molecule has 0 aliphatic rings. The fourth-order valence-corrected chi connectivity index (χ4v) is 3.07. The Labute approximate surface area is 168 Å². The fourth-order valence-electron chi connectivity index (χ4n) is 2.42. The molecule has 0 aliphatic heterocycles. The van der Waals surface area contributed by atoms with Gasteiger partial charge in [0.25, 0.3) is 5.91 Å². The lowest BCUT2D eigenvalue weighted by Gasteiger charge is -2.08. The minimum absolute atomic E-state index is 0.0259. The zero-order chi connectivity index (χ0) is 18.9. The SMILES string of the molecule is CCCCc1ccc(NC(=O)/C(C#N)=C\Nc2ccc(I)cc2C)cc1. The summed E-state index contributed by atoms with van der Waals surface area (Å²) in [7, 11) is 0. The van der Waals surface area contributed by atoms with E-state index in [-0.39, 0.29) is 5.57 Å². The van der Waals surface area contributed by atoms with Crippen molar-refractivity contribution in [2.75, 3.05) is 10.6 Å². The van der Waals surface area contributed by atoms with Crippen molar-refractivity contribution in [1.29, 1.82) is 5.26 Å². The van der Waals surface area contributed by atoms with Crippen LogP contribution < -0.4 is 10.6 Å². The predicted octanol–water partition coefficient (Wildman–Crippen LogP) is 5.40. The van der Waals surface area contributed by atoms with Crippen molar-refractivity contribution in [3.05, 3.63) is 68.9 Å². The summed E-state index contributed by atoms with van der Waals surface area (Å²) in [5, 5.41) is 15.1. The summed E-state index contributed by atoms with van der Waals surface area (Å²) in [5.74, 6) is -0.426. The van der Waals surface area contributed by atoms with Gasteiger partial charge in [0.1, 0.15) is 11.6 Å². The quantitative estimate of drug-likeness (QED) is 0.331. The van der Waals surface area contributed by atoms with Gasteiger partial charge in [-0.1, -0.05) is 25.5 Å². The summed E-state index contributed by atoms with van der Waals surface area (Å²) < 4.78 is 1.13. The smallest absolute Gasteiger partial charge is 0.267 e. The van der Waals surface area contributed by atoms with Gasteiger partial charge in [-0.2, -0.15) is 5.26 Å². The first kappa shape index (κ1) is 20.0. The first-order chi connectivity index (χ1) is 12.5.